The average Bonchev–Trinajstić information content (AvgIpc) is 2.57. The van der Waals surface area contributed by atoms with Crippen LogP contribution in [0.1, 0.15) is 26.3 Å². The van der Waals surface area contributed by atoms with Gasteiger partial charge in [0, 0.05) is 6.42 Å². The monoisotopic (exact) mass is 366 g/mol. The number of methoxy groups -OCH3 is 2. The van der Waals surface area contributed by atoms with Crippen molar-refractivity contribution in [2.45, 2.75) is 38.8 Å². The third-order valence-corrected chi connectivity index (χ3v) is 3.19. The van der Waals surface area contributed by atoms with E-state index in [-0.39, 0.29) is 13.0 Å². The van der Waals surface area contributed by atoms with Gasteiger partial charge in [0.2, 0.25) is 5.91 Å². The molecule has 0 aromatic heterocycles. The molecule has 144 valence electrons. The van der Waals surface area contributed by atoms with Crippen molar-refractivity contribution < 1.29 is 28.6 Å². The highest BCUT2D eigenvalue weighted by Gasteiger charge is 2.23. The van der Waals surface area contributed by atoms with Gasteiger partial charge in [-0.15, -0.1) is 0 Å². The first kappa shape index (κ1) is 21.3. The summed E-state index contributed by atoms with van der Waals surface area (Å²) in [6.45, 7) is 4.83. The minimum atomic E-state index is -0.889. The summed E-state index contributed by atoms with van der Waals surface area (Å²) < 4.78 is 14.9. The van der Waals surface area contributed by atoms with E-state index in [1.54, 1.807) is 46.1 Å². The molecule has 26 heavy (non-hydrogen) atoms. The normalized spacial score (nSPS) is 11.9. The predicted molar refractivity (Wildman–Crippen MR) is 94.9 cm³/mol. The van der Waals surface area contributed by atoms with Crippen molar-refractivity contribution in [3.8, 4) is 5.75 Å². The Kier molecular flexibility index (Phi) is 7.89. The van der Waals surface area contributed by atoms with E-state index < -0.39 is 29.6 Å². The number of ether oxygens (including phenoxy) is 3. The lowest BCUT2D eigenvalue weighted by atomic mass is 10.1. The molecular formula is C18H26N2O6. The summed E-state index contributed by atoms with van der Waals surface area (Å²) in [5.74, 6) is -0.475. The van der Waals surface area contributed by atoms with E-state index in [1.165, 1.54) is 7.11 Å². The topological polar surface area (TPSA) is 103 Å². The van der Waals surface area contributed by atoms with Crippen LogP contribution in [0.5, 0.6) is 5.75 Å². The molecule has 0 saturated heterocycles. The third-order valence-electron chi connectivity index (χ3n) is 3.19. The number of benzene rings is 1. The fourth-order valence-corrected chi connectivity index (χ4v) is 2.08. The quantitative estimate of drug-likeness (QED) is 0.708. The highest BCUT2D eigenvalue weighted by molar-refractivity contribution is 5.87. The molecule has 0 aliphatic rings. The Morgan fingerprint density at radius 1 is 1.15 bits per heavy atom. The summed E-state index contributed by atoms with van der Waals surface area (Å²) in [7, 11) is 2.78. The largest absolute Gasteiger partial charge is 0.497 e. The summed E-state index contributed by atoms with van der Waals surface area (Å²) in [6.07, 6.45) is -0.489. The molecule has 0 saturated carbocycles. The van der Waals surface area contributed by atoms with Crippen molar-refractivity contribution >= 4 is 18.0 Å². The van der Waals surface area contributed by atoms with Crippen LogP contribution >= 0.6 is 0 Å². The molecule has 0 bridgehead atoms. The first-order chi connectivity index (χ1) is 12.1. The molecule has 0 heterocycles. The molecule has 0 aliphatic carbocycles. The smallest absolute Gasteiger partial charge is 0.408 e. The van der Waals surface area contributed by atoms with Gasteiger partial charge in [-0.05, 0) is 38.5 Å². The number of hydrogen-bond donors (Lipinski definition) is 2. The molecular weight excluding hydrogens is 340 g/mol. The van der Waals surface area contributed by atoms with E-state index >= 15 is 0 Å². The number of esters is 1. The summed E-state index contributed by atoms with van der Waals surface area (Å²) in [4.78, 5) is 35.6. The molecule has 8 heteroatoms. The van der Waals surface area contributed by atoms with Crippen LogP contribution in [-0.4, -0.2) is 50.4 Å². The minimum Gasteiger partial charge on any atom is -0.497 e. The molecule has 1 unspecified atom stereocenters. The standard InChI is InChI=1S/C18H26N2O6/c1-18(2,3)26-17(23)19-11-15(21)20-14(16(22)25-5)10-12-7-6-8-13(9-12)24-4/h6-9,14H,10-11H2,1-5H3,(H,19,23)(H,20,21). The van der Waals surface area contributed by atoms with Gasteiger partial charge in [0.05, 0.1) is 14.2 Å². The first-order valence-electron chi connectivity index (χ1n) is 8.11. The maximum absolute atomic E-state index is 12.0. The highest BCUT2D eigenvalue weighted by atomic mass is 16.6. The van der Waals surface area contributed by atoms with Crippen LogP contribution in [0.15, 0.2) is 24.3 Å². The lowest BCUT2D eigenvalue weighted by Crippen LogP contribution is -2.47. The minimum absolute atomic E-state index is 0.224. The maximum atomic E-state index is 12.0. The molecule has 0 aliphatic heterocycles. The van der Waals surface area contributed by atoms with E-state index in [4.69, 9.17) is 14.2 Å². The average molecular weight is 366 g/mol. The number of nitrogens with one attached hydrogen (secondary N) is 2. The van der Waals surface area contributed by atoms with E-state index in [9.17, 15) is 14.4 Å². The van der Waals surface area contributed by atoms with Gasteiger partial charge in [-0.25, -0.2) is 9.59 Å². The number of alkyl carbamates (subject to hydrolysis) is 1. The van der Waals surface area contributed by atoms with E-state index in [0.717, 1.165) is 5.56 Å². The molecule has 0 radical (unpaired) electrons. The Labute approximate surface area is 153 Å². The van der Waals surface area contributed by atoms with Crippen LogP contribution in [0.3, 0.4) is 0 Å². The Morgan fingerprint density at radius 3 is 2.42 bits per heavy atom. The SMILES string of the molecule is COC(=O)C(Cc1cccc(OC)c1)NC(=O)CNC(=O)OC(C)(C)C. The lowest BCUT2D eigenvalue weighted by molar-refractivity contribution is -0.144. The Hall–Kier alpha value is -2.77. The van der Waals surface area contributed by atoms with Gasteiger partial charge >= 0.3 is 12.1 Å². The fraction of sp³-hybridized carbons (Fsp3) is 0.500. The van der Waals surface area contributed by atoms with Crippen molar-refractivity contribution in [2.75, 3.05) is 20.8 Å². The molecule has 1 aromatic carbocycles. The fourth-order valence-electron chi connectivity index (χ4n) is 2.08. The summed E-state index contributed by atoms with van der Waals surface area (Å²) in [5.41, 5.74) is 0.127. The van der Waals surface area contributed by atoms with Crippen LogP contribution < -0.4 is 15.4 Å². The van der Waals surface area contributed by atoms with Crippen molar-refractivity contribution in [2.24, 2.45) is 0 Å². The molecule has 8 nitrogen and oxygen atoms in total. The van der Waals surface area contributed by atoms with E-state index in [2.05, 4.69) is 10.6 Å². The third kappa shape index (κ3) is 7.87. The number of hydrogen-bond acceptors (Lipinski definition) is 6. The van der Waals surface area contributed by atoms with Gasteiger partial charge in [-0.2, -0.15) is 0 Å². The highest BCUT2D eigenvalue weighted by Crippen LogP contribution is 2.14. The molecule has 1 rings (SSSR count). The second-order valence-electron chi connectivity index (χ2n) is 6.55. The van der Waals surface area contributed by atoms with Gasteiger partial charge in [0.15, 0.2) is 0 Å². The summed E-state index contributed by atoms with van der Waals surface area (Å²) in [6, 6.07) is 6.25. The number of amides is 2. The van der Waals surface area contributed by atoms with Crippen molar-refractivity contribution in [1.29, 1.82) is 0 Å². The Bertz CT molecular complexity index is 639. The maximum Gasteiger partial charge on any atom is 0.408 e. The zero-order valence-corrected chi connectivity index (χ0v) is 15.8. The van der Waals surface area contributed by atoms with E-state index in [1.807, 2.05) is 6.07 Å². The van der Waals surface area contributed by atoms with Crippen molar-refractivity contribution in [3.63, 3.8) is 0 Å². The van der Waals surface area contributed by atoms with E-state index in [0.29, 0.717) is 5.75 Å². The lowest BCUT2D eigenvalue weighted by Gasteiger charge is -2.20. The number of rotatable bonds is 7. The molecule has 1 aromatic rings. The second-order valence-corrected chi connectivity index (χ2v) is 6.55. The number of carbonyl (C=O) groups is 3. The zero-order valence-electron chi connectivity index (χ0n) is 15.8. The molecule has 2 amide bonds. The van der Waals surface area contributed by atoms with Gasteiger partial charge in [0.1, 0.15) is 23.9 Å². The summed E-state index contributed by atoms with van der Waals surface area (Å²) >= 11 is 0. The molecule has 1 atom stereocenters. The van der Waals surface area contributed by atoms with Gasteiger partial charge < -0.3 is 24.8 Å². The van der Waals surface area contributed by atoms with Crippen LogP contribution in [0.4, 0.5) is 4.79 Å². The second kappa shape index (κ2) is 9.65. The predicted octanol–water partition coefficient (Wildman–Crippen LogP) is 1.42. The van der Waals surface area contributed by atoms with Crippen molar-refractivity contribution in [3.05, 3.63) is 29.8 Å². The van der Waals surface area contributed by atoms with Crippen molar-refractivity contribution in [1.82, 2.24) is 10.6 Å². The first-order valence-corrected chi connectivity index (χ1v) is 8.11. The molecule has 0 fully saturated rings. The van der Waals surface area contributed by atoms with Crippen LogP contribution in [-0.2, 0) is 25.5 Å². The number of carbonyl (C=O) groups excluding carboxylic acids is 3. The molecule has 2 N–H and O–H groups in total. The van der Waals surface area contributed by atoms with Gasteiger partial charge in [0.25, 0.3) is 0 Å². The van der Waals surface area contributed by atoms with Crippen LogP contribution in [0.25, 0.3) is 0 Å². The Morgan fingerprint density at radius 2 is 1.85 bits per heavy atom. The van der Waals surface area contributed by atoms with Gasteiger partial charge in [-0.3, -0.25) is 4.79 Å². The molecule has 0 spiro atoms. The zero-order chi connectivity index (χ0) is 19.7. The summed E-state index contributed by atoms with van der Waals surface area (Å²) in [5, 5.41) is 4.89. The van der Waals surface area contributed by atoms with Crippen LogP contribution in [0, 0.1) is 0 Å². The van der Waals surface area contributed by atoms with Crippen LogP contribution in [0.2, 0.25) is 0 Å². The van der Waals surface area contributed by atoms with Gasteiger partial charge in [-0.1, -0.05) is 12.1 Å². The Balaban J connectivity index is 2.65.